The molecule has 2 rings (SSSR count). The zero-order chi connectivity index (χ0) is 13.7. The topological polar surface area (TPSA) is 74.6 Å². The summed E-state index contributed by atoms with van der Waals surface area (Å²) in [5, 5.41) is 16.9. The van der Waals surface area contributed by atoms with Gasteiger partial charge in [-0.15, -0.1) is 0 Å². The number of carboxylic acids is 2. The molecule has 104 valence electrons. The summed E-state index contributed by atoms with van der Waals surface area (Å²) in [6, 6.07) is 0. The molecular weight excluding hydrogens is 232 g/mol. The number of rotatable bonds is 6. The molecule has 2 aliphatic carbocycles. The van der Waals surface area contributed by atoms with E-state index in [-0.39, 0.29) is 11.8 Å². The number of hydrogen-bond donors (Lipinski definition) is 2. The molecule has 0 aromatic heterocycles. The van der Waals surface area contributed by atoms with Gasteiger partial charge in [-0.05, 0) is 37.5 Å². The van der Waals surface area contributed by atoms with Crippen LogP contribution in [0.25, 0.3) is 0 Å². The van der Waals surface area contributed by atoms with Gasteiger partial charge in [-0.25, -0.2) is 0 Å². The fraction of sp³-hybridized carbons (Fsp3) is 0.857. The van der Waals surface area contributed by atoms with Crippen molar-refractivity contribution in [2.24, 2.45) is 23.7 Å². The summed E-state index contributed by atoms with van der Waals surface area (Å²) in [6.45, 7) is 4.19. The van der Waals surface area contributed by atoms with Crippen LogP contribution < -0.4 is 0 Å². The average Bonchev–Trinajstić information content (AvgIpc) is 3.13. The van der Waals surface area contributed by atoms with E-state index in [0.717, 1.165) is 38.5 Å². The smallest absolute Gasteiger partial charge is 0.306 e. The Labute approximate surface area is 108 Å². The van der Waals surface area contributed by atoms with Crippen LogP contribution in [0.1, 0.15) is 52.4 Å². The highest BCUT2D eigenvalue weighted by Crippen LogP contribution is 2.42. The first-order valence-corrected chi connectivity index (χ1v) is 6.96. The van der Waals surface area contributed by atoms with Gasteiger partial charge in [0.05, 0.1) is 11.8 Å². The summed E-state index contributed by atoms with van der Waals surface area (Å²) in [5.74, 6) is -0.184. The quantitative estimate of drug-likeness (QED) is 0.766. The van der Waals surface area contributed by atoms with Gasteiger partial charge in [0.2, 0.25) is 0 Å². The lowest BCUT2D eigenvalue weighted by Crippen LogP contribution is -1.98. The van der Waals surface area contributed by atoms with Crippen LogP contribution in [-0.4, -0.2) is 22.2 Å². The lowest BCUT2D eigenvalue weighted by atomic mass is 10.2. The Morgan fingerprint density at radius 2 is 1.22 bits per heavy atom. The normalized spacial score (nSPS) is 32.1. The molecule has 0 radical (unpaired) electrons. The van der Waals surface area contributed by atoms with E-state index >= 15 is 0 Å². The van der Waals surface area contributed by atoms with Crippen molar-refractivity contribution in [3.05, 3.63) is 0 Å². The fourth-order valence-electron chi connectivity index (χ4n) is 2.48. The Hall–Kier alpha value is -1.06. The standard InChI is InChI=1S/2C7H12O2/c2*1-2-3-5-4-6(5)7(8)9/h2*5-6H,2-4H2,1H3,(H,8,9)/t2*5-,6+/m10/s1. The van der Waals surface area contributed by atoms with Gasteiger partial charge in [0.15, 0.2) is 0 Å². The van der Waals surface area contributed by atoms with Crippen molar-refractivity contribution in [2.75, 3.05) is 0 Å². The Morgan fingerprint density at radius 3 is 1.39 bits per heavy atom. The minimum absolute atomic E-state index is 0.00458. The molecule has 0 aromatic carbocycles. The van der Waals surface area contributed by atoms with E-state index in [1.165, 1.54) is 0 Å². The molecule has 0 bridgehead atoms. The molecule has 0 heterocycles. The van der Waals surface area contributed by atoms with Gasteiger partial charge in [0.25, 0.3) is 0 Å². The number of aliphatic carboxylic acids is 2. The third-order valence-corrected chi connectivity index (χ3v) is 3.80. The highest BCUT2D eigenvalue weighted by molar-refractivity contribution is 5.73. The average molecular weight is 256 g/mol. The first kappa shape index (κ1) is 15.0. The molecule has 4 atom stereocenters. The largest absolute Gasteiger partial charge is 0.481 e. The van der Waals surface area contributed by atoms with Crippen molar-refractivity contribution >= 4 is 11.9 Å². The van der Waals surface area contributed by atoms with Crippen LogP contribution in [0, 0.1) is 23.7 Å². The molecule has 2 aliphatic rings. The van der Waals surface area contributed by atoms with Gasteiger partial charge >= 0.3 is 11.9 Å². The third-order valence-electron chi connectivity index (χ3n) is 3.80. The van der Waals surface area contributed by atoms with E-state index < -0.39 is 11.9 Å². The molecule has 4 nitrogen and oxygen atoms in total. The third kappa shape index (κ3) is 4.67. The molecule has 0 aliphatic heterocycles. The molecule has 2 fully saturated rings. The van der Waals surface area contributed by atoms with Crippen molar-refractivity contribution in [1.29, 1.82) is 0 Å². The minimum Gasteiger partial charge on any atom is -0.481 e. The summed E-state index contributed by atoms with van der Waals surface area (Å²) in [5.41, 5.74) is 0. The van der Waals surface area contributed by atoms with Crippen molar-refractivity contribution in [2.45, 2.75) is 52.4 Å². The Bertz CT molecular complexity index is 270. The monoisotopic (exact) mass is 256 g/mol. The molecule has 4 heteroatoms. The summed E-state index contributed by atoms with van der Waals surface area (Å²) < 4.78 is 0. The lowest BCUT2D eigenvalue weighted by Gasteiger charge is -1.89. The van der Waals surface area contributed by atoms with Crippen LogP contribution in [0.2, 0.25) is 0 Å². The van der Waals surface area contributed by atoms with E-state index in [4.69, 9.17) is 10.2 Å². The van der Waals surface area contributed by atoms with Crippen LogP contribution in [0.5, 0.6) is 0 Å². The van der Waals surface area contributed by atoms with Crippen molar-refractivity contribution in [3.8, 4) is 0 Å². The maximum Gasteiger partial charge on any atom is 0.306 e. The predicted molar refractivity (Wildman–Crippen MR) is 68.3 cm³/mol. The Balaban J connectivity index is 0.000000180. The molecule has 0 unspecified atom stereocenters. The predicted octanol–water partition coefficient (Wildman–Crippen LogP) is 3.01. The molecule has 0 saturated heterocycles. The van der Waals surface area contributed by atoms with E-state index in [1.54, 1.807) is 0 Å². The van der Waals surface area contributed by atoms with Gasteiger partial charge in [-0.3, -0.25) is 9.59 Å². The van der Waals surface area contributed by atoms with Gasteiger partial charge in [-0.1, -0.05) is 26.7 Å². The first-order valence-electron chi connectivity index (χ1n) is 6.96. The van der Waals surface area contributed by atoms with Crippen LogP contribution in [0.4, 0.5) is 0 Å². The van der Waals surface area contributed by atoms with Gasteiger partial charge in [-0.2, -0.15) is 0 Å². The van der Waals surface area contributed by atoms with Crippen molar-refractivity contribution < 1.29 is 19.8 Å². The van der Waals surface area contributed by atoms with Crippen LogP contribution in [-0.2, 0) is 9.59 Å². The minimum atomic E-state index is -0.603. The van der Waals surface area contributed by atoms with Gasteiger partial charge < -0.3 is 10.2 Å². The van der Waals surface area contributed by atoms with E-state index in [9.17, 15) is 9.59 Å². The molecule has 0 amide bonds. The SMILES string of the molecule is CCC[C@@H]1C[C@@H]1C(=O)O.CCC[C@H]1C[C@H]1C(=O)O. The summed E-state index contributed by atoms with van der Waals surface area (Å²) in [7, 11) is 0. The van der Waals surface area contributed by atoms with E-state index in [2.05, 4.69) is 13.8 Å². The van der Waals surface area contributed by atoms with Gasteiger partial charge in [0, 0.05) is 0 Å². The van der Waals surface area contributed by atoms with Crippen LogP contribution >= 0.6 is 0 Å². The fourth-order valence-corrected chi connectivity index (χ4v) is 2.48. The second-order valence-electron chi connectivity index (χ2n) is 5.46. The van der Waals surface area contributed by atoms with E-state index in [1.807, 2.05) is 0 Å². The van der Waals surface area contributed by atoms with Crippen LogP contribution in [0.15, 0.2) is 0 Å². The van der Waals surface area contributed by atoms with Crippen LogP contribution in [0.3, 0.4) is 0 Å². The maximum atomic E-state index is 10.2. The second kappa shape index (κ2) is 6.76. The summed E-state index contributed by atoms with van der Waals surface area (Å²) in [4.78, 5) is 20.5. The zero-order valence-electron chi connectivity index (χ0n) is 11.3. The second-order valence-corrected chi connectivity index (χ2v) is 5.46. The number of hydrogen-bond acceptors (Lipinski definition) is 2. The Morgan fingerprint density at radius 1 is 0.889 bits per heavy atom. The molecule has 0 spiro atoms. The molecule has 2 saturated carbocycles. The lowest BCUT2D eigenvalue weighted by molar-refractivity contribution is -0.139. The highest BCUT2D eigenvalue weighted by atomic mass is 16.4. The molecule has 2 N–H and O–H groups in total. The van der Waals surface area contributed by atoms with Crippen molar-refractivity contribution in [1.82, 2.24) is 0 Å². The molecule has 18 heavy (non-hydrogen) atoms. The number of carbonyl (C=O) groups is 2. The summed E-state index contributed by atoms with van der Waals surface area (Å²) >= 11 is 0. The summed E-state index contributed by atoms with van der Waals surface area (Å²) in [6.07, 6.45) is 6.27. The highest BCUT2D eigenvalue weighted by Gasteiger charge is 2.42. The van der Waals surface area contributed by atoms with Crippen molar-refractivity contribution in [3.63, 3.8) is 0 Å². The molecule has 0 aromatic rings. The number of carboxylic acid groups (broad SMARTS) is 2. The maximum absolute atomic E-state index is 10.2. The van der Waals surface area contributed by atoms with Gasteiger partial charge in [0.1, 0.15) is 0 Å². The molecular formula is C14H24O4. The van der Waals surface area contributed by atoms with E-state index in [0.29, 0.717) is 11.8 Å². The first-order chi connectivity index (χ1) is 8.51. The zero-order valence-corrected chi connectivity index (χ0v) is 11.3. The Kier molecular flexibility index (Phi) is 5.63.